The summed E-state index contributed by atoms with van der Waals surface area (Å²) in [6.45, 7) is 8.53. The van der Waals surface area contributed by atoms with Crippen LogP contribution in [0.3, 0.4) is 0 Å². The molecule has 5 heteroatoms. The first-order valence-electron chi connectivity index (χ1n) is 10.1. The molecule has 0 bridgehead atoms. The Kier molecular flexibility index (Phi) is 5.44. The van der Waals surface area contributed by atoms with Gasteiger partial charge in [-0.15, -0.1) is 0 Å². The second-order valence-corrected chi connectivity index (χ2v) is 7.75. The molecule has 1 aliphatic heterocycles. The fourth-order valence-electron chi connectivity index (χ4n) is 4.21. The lowest BCUT2D eigenvalue weighted by atomic mass is 10.0. The molecule has 28 heavy (non-hydrogen) atoms. The van der Waals surface area contributed by atoms with Crippen LogP contribution in [0.4, 0.5) is 0 Å². The fourth-order valence-corrected chi connectivity index (χ4v) is 4.21. The molecule has 1 fully saturated rings. The van der Waals surface area contributed by atoms with Crippen molar-refractivity contribution in [2.24, 2.45) is 0 Å². The lowest BCUT2D eigenvalue weighted by molar-refractivity contribution is -0.917. The molecular weight excluding hydrogens is 350 g/mol. The van der Waals surface area contributed by atoms with E-state index in [1.807, 2.05) is 18.7 Å². The maximum atomic E-state index is 12.6. The molecule has 0 unspecified atom stereocenters. The quantitative estimate of drug-likeness (QED) is 0.741. The molecule has 0 spiro atoms. The van der Waals surface area contributed by atoms with Crippen molar-refractivity contribution in [2.45, 2.75) is 33.2 Å². The second-order valence-electron chi connectivity index (χ2n) is 7.75. The first-order valence-corrected chi connectivity index (χ1v) is 10.1. The Morgan fingerprint density at radius 1 is 1.11 bits per heavy atom. The average molecular weight is 378 g/mol. The monoisotopic (exact) mass is 378 g/mol. The van der Waals surface area contributed by atoms with Crippen LogP contribution >= 0.6 is 0 Å². The highest BCUT2D eigenvalue weighted by molar-refractivity contribution is 5.85. The fraction of sp³-hybridized carbons (Fsp3) is 0.391. The van der Waals surface area contributed by atoms with Gasteiger partial charge < -0.3 is 14.3 Å². The molecule has 3 aromatic rings. The van der Waals surface area contributed by atoms with Crippen molar-refractivity contribution in [3.05, 3.63) is 65.0 Å². The van der Waals surface area contributed by atoms with Crippen LogP contribution in [-0.4, -0.2) is 42.1 Å². The Balaban J connectivity index is 1.31. The molecule has 1 aliphatic rings. The number of aryl methyl sites for hydroxylation is 2. The van der Waals surface area contributed by atoms with E-state index in [2.05, 4.69) is 47.6 Å². The highest BCUT2D eigenvalue weighted by atomic mass is 16.5. The first-order chi connectivity index (χ1) is 13.6. The Morgan fingerprint density at radius 3 is 2.61 bits per heavy atom. The molecular formula is C23H28N3O2+. The predicted octanol–water partition coefficient (Wildman–Crippen LogP) is 2.30. The molecule has 0 saturated carbocycles. The molecule has 0 atom stereocenters. The number of nitrogens with zero attached hydrogens (tertiary/aromatic N) is 2. The summed E-state index contributed by atoms with van der Waals surface area (Å²) in [5.41, 5.74) is 3.37. The zero-order chi connectivity index (χ0) is 19.5. The van der Waals surface area contributed by atoms with Crippen LogP contribution in [0, 0.1) is 13.8 Å². The van der Waals surface area contributed by atoms with Gasteiger partial charge in [-0.25, -0.2) is 0 Å². The third-order valence-electron chi connectivity index (χ3n) is 5.91. The number of benzene rings is 2. The van der Waals surface area contributed by atoms with Gasteiger partial charge in [0.05, 0.1) is 31.9 Å². The number of piperazine rings is 1. The Labute approximate surface area is 165 Å². The maximum absolute atomic E-state index is 12.6. The summed E-state index contributed by atoms with van der Waals surface area (Å²) >= 11 is 0. The van der Waals surface area contributed by atoms with Crippen molar-refractivity contribution >= 4 is 16.7 Å². The smallest absolute Gasteiger partial charge is 0.223 e. The Bertz CT molecular complexity index is 946. The van der Waals surface area contributed by atoms with Crippen molar-refractivity contribution < 1.29 is 14.2 Å². The van der Waals surface area contributed by atoms with E-state index in [0.29, 0.717) is 12.8 Å². The van der Waals surface area contributed by atoms with Crippen molar-refractivity contribution in [1.29, 1.82) is 0 Å². The zero-order valence-corrected chi connectivity index (χ0v) is 16.7. The van der Waals surface area contributed by atoms with Crippen LogP contribution in [0.25, 0.3) is 10.8 Å². The lowest BCUT2D eigenvalue weighted by Gasteiger charge is -2.32. The van der Waals surface area contributed by atoms with Gasteiger partial charge in [-0.2, -0.15) is 0 Å². The number of rotatable bonds is 5. The number of carbonyl (C=O) groups is 1. The first kappa shape index (κ1) is 18.7. The normalized spacial score (nSPS) is 15.3. The molecule has 1 saturated heterocycles. The van der Waals surface area contributed by atoms with Gasteiger partial charge in [0, 0.05) is 17.5 Å². The highest BCUT2D eigenvalue weighted by Gasteiger charge is 2.24. The van der Waals surface area contributed by atoms with E-state index in [0.717, 1.165) is 49.7 Å². The summed E-state index contributed by atoms with van der Waals surface area (Å²) < 4.78 is 5.20. The SMILES string of the molecule is Cc1noc(C)c1CCC(=O)N1CC[NH+](Cc2cccc3ccccc23)CC1. The molecule has 0 radical (unpaired) electrons. The molecule has 2 heterocycles. The van der Waals surface area contributed by atoms with Gasteiger partial charge in [0.25, 0.3) is 0 Å². The summed E-state index contributed by atoms with van der Waals surface area (Å²) in [6, 6.07) is 15.1. The van der Waals surface area contributed by atoms with Crippen molar-refractivity contribution in [1.82, 2.24) is 10.1 Å². The van der Waals surface area contributed by atoms with Gasteiger partial charge in [0.15, 0.2) is 0 Å². The minimum Gasteiger partial charge on any atom is -0.361 e. The van der Waals surface area contributed by atoms with Gasteiger partial charge in [0.2, 0.25) is 5.91 Å². The highest BCUT2D eigenvalue weighted by Crippen LogP contribution is 2.18. The van der Waals surface area contributed by atoms with E-state index in [9.17, 15) is 4.79 Å². The molecule has 1 N–H and O–H groups in total. The van der Waals surface area contributed by atoms with Crippen LogP contribution in [-0.2, 0) is 17.8 Å². The third-order valence-corrected chi connectivity index (χ3v) is 5.91. The van der Waals surface area contributed by atoms with Gasteiger partial charge >= 0.3 is 0 Å². The van der Waals surface area contributed by atoms with Crippen molar-refractivity contribution in [3.63, 3.8) is 0 Å². The Morgan fingerprint density at radius 2 is 1.86 bits per heavy atom. The predicted molar refractivity (Wildman–Crippen MR) is 109 cm³/mol. The van der Waals surface area contributed by atoms with Crippen LogP contribution in [0.15, 0.2) is 47.0 Å². The largest absolute Gasteiger partial charge is 0.361 e. The summed E-state index contributed by atoms with van der Waals surface area (Å²) in [5.74, 6) is 1.07. The number of amides is 1. The zero-order valence-electron chi connectivity index (χ0n) is 16.7. The lowest BCUT2D eigenvalue weighted by Crippen LogP contribution is -3.13. The van der Waals surface area contributed by atoms with E-state index in [-0.39, 0.29) is 5.91 Å². The standard InChI is InChI=1S/C23H27N3O2/c1-17-21(18(2)28-24-17)10-11-23(27)26-14-12-25(13-15-26)16-20-8-5-7-19-6-3-4-9-22(19)20/h3-9H,10-16H2,1-2H3/p+1. The molecule has 146 valence electrons. The van der Waals surface area contributed by atoms with Crippen LogP contribution < -0.4 is 4.90 Å². The average Bonchev–Trinajstić information content (AvgIpc) is 3.04. The van der Waals surface area contributed by atoms with E-state index < -0.39 is 0 Å². The molecule has 0 aliphatic carbocycles. The third kappa shape index (κ3) is 3.94. The number of fused-ring (bicyclic) bond motifs is 1. The number of hydrogen-bond donors (Lipinski definition) is 1. The number of hydrogen-bond acceptors (Lipinski definition) is 3. The summed E-state index contributed by atoms with van der Waals surface area (Å²) in [5, 5.41) is 6.62. The van der Waals surface area contributed by atoms with E-state index in [1.165, 1.54) is 16.3 Å². The van der Waals surface area contributed by atoms with Crippen molar-refractivity contribution in [3.8, 4) is 0 Å². The van der Waals surface area contributed by atoms with Gasteiger partial charge in [-0.1, -0.05) is 47.6 Å². The molecule has 5 nitrogen and oxygen atoms in total. The van der Waals surface area contributed by atoms with Crippen LogP contribution in [0.5, 0.6) is 0 Å². The topological polar surface area (TPSA) is 50.8 Å². The van der Waals surface area contributed by atoms with Crippen LogP contribution in [0.1, 0.15) is 29.0 Å². The molecule has 4 rings (SSSR count). The molecule has 1 amide bonds. The second kappa shape index (κ2) is 8.15. The minimum atomic E-state index is 0.240. The van der Waals surface area contributed by atoms with Gasteiger partial charge in [-0.05, 0) is 31.0 Å². The van der Waals surface area contributed by atoms with Gasteiger partial charge in [0.1, 0.15) is 12.3 Å². The summed E-state index contributed by atoms with van der Waals surface area (Å²) in [7, 11) is 0. The molecule has 2 aromatic carbocycles. The van der Waals surface area contributed by atoms with E-state index >= 15 is 0 Å². The summed E-state index contributed by atoms with van der Waals surface area (Å²) in [4.78, 5) is 16.2. The maximum Gasteiger partial charge on any atom is 0.223 e. The molecule has 1 aromatic heterocycles. The summed E-state index contributed by atoms with van der Waals surface area (Å²) in [6.07, 6.45) is 1.24. The van der Waals surface area contributed by atoms with Crippen molar-refractivity contribution in [2.75, 3.05) is 26.2 Å². The number of carbonyl (C=O) groups excluding carboxylic acids is 1. The number of aromatic nitrogens is 1. The van der Waals surface area contributed by atoms with Crippen LogP contribution in [0.2, 0.25) is 0 Å². The minimum absolute atomic E-state index is 0.240. The number of quaternary nitrogens is 1. The van der Waals surface area contributed by atoms with E-state index in [4.69, 9.17) is 4.52 Å². The van der Waals surface area contributed by atoms with Gasteiger partial charge in [-0.3, -0.25) is 4.79 Å². The van der Waals surface area contributed by atoms with E-state index in [1.54, 1.807) is 4.90 Å². The number of nitrogens with one attached hydrogen (secondary N) is 1. The Hall–Kier alpha value is -2.66.